The van der Waals surface area contributed by atoms with Gasteiger partial charge in [-0.1, -0.05) is 6.07 Å². The van der Waals surface area contributed by atoms with E-state index in [4.69, 9.17) is 9.47 Å². The fraction of sp³-hybridized carbons (Fsp3) is 0.500. The molecule has 4 heteroatoms. The van der Waals surface area contributed by atoms with Gasteiger partial charge in [0.1, 0.15) is 0 Å². The lowest BCUT2D eigenvalue weighted by molar-refractivity contribution is 0.174. The maximum absolute atomic E-state index is 9.66. The lowest BCUT2D eigenvalue weighted by Crippen LogP contribution is -2.25. The van der Waals surface area contributed by atoms with Crippen molar-refractivity contribution in [2.45, 2.75) is 12.5 Å². The molecule has 0 saturated heterocycles. The van der Waals surface area contributed by atoms with Gasteiger partial charge in [0.2, 0.25) is 0 Å². The third-order valence-corrected chi connectivity index (χ3v) is 2.36. The van der Waals surface area contributed by atoms with E-state index in [9.17, 15) is 5.11 Å². The van der Waals surface area contributed by atoms with Crippen LogP contribution in [0.2, 0.25) is 0 Å². The summed E-state index contributed by atoms with van der Waals surface area (Å²) in [5, 5.41) is 12.6. The largest absolute Gasteiger partial charge is 0.493 e. The van der Waals surface area contributed by atoms with Crippen molar-refractivity contribution in [3.05, 3.63) is 23.8 Å². The summed E-state index contributed by atoms with van der Waals surface area (Å²) in [5.74, 6) is 1.39. The van der Waals surface area contributed by atoms with Crippen LogP contribution in [-0.2, 0) is 6.42 Å². The van der Waals surface area contributed by atoms with E-state index in [2.05, 4.69) is 5.32 Å². The Kier molecular flexibility index (Phi) is 5.08. The summed E-state index contributed by atoms with van der Waals surface area (Å²) in [6, 6.07) is 5.66. The van der Waals surface area contributed by atoms with E-state index in [1.165, 1.54) is 0 Å². The van der Waals surface area contributed by atoms with Gasteiger partial charge in [0, 0.05) is 6.54 Å². The number of benzene rings is 1. The van der Waals surface area contributed by atoms with Gasteiger partial charge in [-0.2, -0.15) is 0 Å². The number of nitrogens with one attached hydrogen (secondary N) is 1. The average Bonchev–Trinajstić information content (AvgIpc) is 2.29. The standard InChI is InChI=1S/C12H19NO3/c1-13-8-10(14)6-9-4-5-11(15-2)12(7-9)16-3/h4-5,7,10,13-14H,6,8H2,1-3H3. The summed E-state index contributed by atoms with van der Waals surface area (Å²) < 4.78 is 10.3. The maximum atomic E-state index is 9.66. The van der Waals surface area contributed by atoms with Crippen molar-refractivity contribution in [1.29, 1.82) is 0 Å². The number of aliphatic hydroxyl groups excluding tert-OH is 1. The Balaban J connectivity index is 2.74. The molecule has 0 spiro atoms. The number of methoxy groups -OCH3 is 2. The Morgan fingerprint density at radius 1 is 1.25 bits per heavy atom. The van der Waals surface area contributed by atoms with Crippen molar-refractivity contribution in [3.63, 3.8) is 0 Å². The van der Waals surface area contributed by atoms with Crippen LogP contribution in [-0.4, -0.2) is 39.0 Å². The summed E-state index contributed by atoms with van der Waals surface area (Å²) in [7, 11) is 5.02. The van der Waals surface area contributed by atoms with Gasteiger partial charge in [-0.3, -0.25) is 0 Å². The molecule has 1 atom stereocenters. The highest BCUT2D eigenvalue weighted by molar-refractivity contribution is 5.43. The van der Waals surface area contributed by atoms with Crippen LogP contribution in [0.1, 0.15) is 5.56 Å². The van der Waals surface area contributed by atoms with Gasteiger partial charge in [0.15, 0.2) is 11.5 Å². The van der Waals surface area contributed by atoms with E-state index in [0.29, 0.717) is 24.5 Å². The van der Waals surface area contributed by atoms with E-state index in [-0.39, 0.29) is 6.10 Å². The Labute approximate surface area is 96.2 Å². The third kappa shape index (κ3) is 3.40. The smallest absolute Gasteiger partial charge is 0.160 e. The first kappa shape index (κ1) is 12.8. The molecule has 4 nitrogen and oxygen atoms in total. The van der Waals surface area contributed by atoms with Crippen LogP contribution in [0.3, 0.4) is 0 Å². The van der Waals surface area contributed by atoms with E-state index >= 15 is 0 Å². The summed E-state index contributed by atoms with van der Waals surface area (Å²) in [5.41, 5.74) is 1.03. The molecule has 0 aliphatic heterocycles. The van der Waals surface area contributed by atoms with E-state index in [1.54, 1.807) is 14.2 Å². The third-order valence-electron chi connectivity index (χ3n) is 2.36. The van der Waals surface area contributed by atoms with Crippen LogP contribution in [0.25, 0.3) is 0 Å². The van der Waals surface area contributed by atoms with Gasteiger partial charge < -0.3 is 19.9 Å². The molecule has 90 valence electrons. The average molecular weight is 225 g/mol. The minimum absolute atomic E-state index is 0.386. The number of aliphatic hydroxyl groups is 1. The summed E-state index contributed by atoms with van der Waals surface area (Å²) in [6.07, 6.45) is 0.212. The fourth-order valence-electron chi connectivity index (χ4n) is 1.59. The monoisotopic (exact) mass is 225 g/mol. The summed E-state index contributed by atoms with van der Waals surface area (Å²) in [4.78, 5) is 0. The Morgan fingerprint density at radius 3 is 2.50 bits per heavy atom. The predicted molar refractivity (Wildman–Crippen MR) is 63.2 cm³/mol. The summed E-state index contributed by atoms with van der Waals surface area (Å²) in [6.45, 7) is 0.578. The predicted octanol–water partition coefficient (Wildman–Crippen LogP) is 0.827. The molecule has 0 fully saturated rings. The minimum atomic E-state index is -0.386. The first-order valence-corrected chi connectivity index (χ1v) is 5.24. The minimum Gasteiger partial charge on any atom is -0.493 e. The SMILES string of the molecule is CNCC(O)Cc1ccc(OC)c(OC)c1. The highest BCUT2D eigenvalue weighted by atomic mass is 16.5. The molecule has 2 N–H and O–H groups in total. The molecule has 0 bridgehead atoms. The van der Waals surface area contributed by atoms with Crippen molar-refractivity contribution in [2.24, 2.45) is 0 Å². The Bertz CT molecular complexity index is 328. The number of hydrogen-bond donors (Lipinski definition) is 2. The Hall–Kier alpha value is -1.26. The highest BCUT2D eigenvalue weighted by Crippen LogP contribution is 2.27. The van der Waals surface area contributed by atoms with Gasteiger partial charge in [-0.25, -0.2) is 0 Å². The van der Waals surface area contributed by atoms with Gasteiger partial charge in [0.25, 0.3) is 0 Å². The molecule has 0 aliphatic carbocycles. The molecular weight excluding hydrogens is 206 g/mol. The molecule has 1 aromatic carbocycles. The van der Waals surface area contributed by atoms with Crippen molar-refractivity contribution < 1.29 is 14.6 Å². The van der Waals surface area contributed by atoms with E-state index < -0.39 is 0 Å². The first-order valence-electron chi connectivity index (χ1n) is 5.24. The zero-order chi connectivity index (χ0) is 12.0. The zero-order valence-corrected chi connectivity index (χ0v) is 9.99. The second kappa shape index (κ2) is 6.35. The van der Waals surface area contributed by atoms with Crippen molar-refractivity contribution in [2.75, 3.05) is 27.8 Å². The number of hydrogen-bond acceptors (Lipinski definition) is 4. The van der Waals surface area contributed by atoms with Gasteiger partial charge in [-0.15, -0.1) is 0 Å². The molecule has 0 heterocycles. The summed E-state index contributed by atoms with van der Waals surface area (Å²) >= 11 is 0. The van der Waals surface area contributed by atoms with Crippen LogP contribution in [0, 0.1) is 0 Å². The van der Waals surface area contributed by atoms with Crippen LogP contribution in [0.4, 0.5) is 0 Å². The normalized spacial score (nSPS) is 12.2. The number of ether oxygens (including phenoxy) is 2. The Morgan fingerprint density at radius 2 is 1.94 bits per heavy atom. The molecule has 16 heavy (non-hydrogen) atoms. The van der Waals surface area contributed by atoms with Gasteiger partial charge in [-0.05, 0) is 31.2 Å². The number of likely N-dealkylation sites (N-methyl/N-ethyl adjacent to an activating group) is 1. The number of rotatable bonds is 6. The van der Waals surface area contributed by atoms with Crippen molar-refractivity contribution in [3.8, 4) is 11.5 Å². The van der Waals surface area contributed by atoms with Crippen LogP contribution < -0.4 is 14.8 Å². The lowest BCUT2D eigenvalue weighted by atomic mass is 10.1. The maximum Gasteiger partial charge on any atom is 0.160 e. The first-order chi connectivity index (χ1) is 7.71. The molecule has 1 rings (SSSR count). The van der Waals surface area contributed by atoms with E-state index in [0.717, 1.165) is 5.56 Å². The second-order valence-electron chi connectivity index (χ2n) is 3.60. The molecule has 0 radical (unpaired) electrons. The van der Waals surface area contributed by atoms with Gasteiger partial charge in [0.05, 0.1) is 20.3 Å². The molecule has 0 amide bonds. The quantitative estimate of drug-likeness (QED) is 0.753. The second-order valence-corrected chi connectivity index (χ2v) is 3.60. The fourth-order valence-corrected chi connectivity index (χ4v) is 1.59. The topological polar surface area (TPSA) is 50.7 Å². The zero-order valence-electron chi connectivity index (χ0n) is 9.99. The van der Waals surface area contributed by atoms with Crippen LogP contribution >= 0.6 is 0 Å². The van der Waals surface area contributed by atoms with Crippen LogP contribution in [0.5, 0.6) is 11.5 Å². The molecule has 1 aromatic rings. The molecule has 0 aromatic heterocycles. The lowest BCUT2D eigenvalue weighted by Gasteiger charge is -2.12. The van der Waals surface area contributed by atoms with E-state index in [1.807, 2.05) is 25.2 Å². The van der Waals surface area contributed by atoms with Crippen LogP contribution in [0.15, 0.2) is 18.2 Å². The molecular formula is C12H19NO3. The van der Waals surface area contributed by atoms with Crippen molar-refractivity contribution >= 4 is 0 Å². The van der Waals surface area contributed by atoms with Crippen molar-refractivity contribution in [1.82, 2.24) is 5.32 Å². The molecule has 0 aliphatic rings. The molecule has 1 unspecified atom stereocenters. The van der Waals surface area contributed by atoms with Gasteiger partial charge >= 0.3 is 0 Å². The highest BCUT2D eigenvalue weighted by Gasteiger charge is 2.08. The molecule has 0 saturated carbocycles.